The van der Waals surface area contributed by atoms with Gasteiger partial charge in [-0.3, -0.25) is 19.5 Å². The molecule has 0 unspecified atom stereocenters. The number of hydrogen-bond acceptors (Lipinski definition) is 5. The monoisotopic (exact) mass is 472 g/mol. The molecule has 0 fully saturated rings. The molecule has 4 aromatic rings. The number of imidazole rings is 1. The summed E-state index contributed by atoms with van der Waals surface area (Å²) in [5.41, 5.74) is 3.56. The standard InChI is InChI=1S/C27H28N4O4/c1-4-26(33)30(16-23-6-5-15-35-23)18-25(32)29-27-28-24(20-9-13-22(34-3)14-10-20)17-31(27)21-11-7-19(2)8-12-21/h5-15,17H,4,16,18H2,1-3H3,(H,28,29,32). The molecule has 2 aromatic carbocycles. The number of nitrogens with zero attached hydrogens (tertiary/aromatic N) is 3. The summed E-state index contributed by atoms with van der Waals surface area (Å²) in [4.78, 5) is 31.7. The molecule has 0 saturated heterocycles. The molecule has 0 aliphatic rings. The van der Waals surface area contributed by atoms with Crippen LogP contribution in [0, 0.1) is 6.92 Å². The van der Waals surface area contributed by atoms with E-state index in [1.165, 1.54) is 4.90 Å². The van der Waals surface area contributed by atoms with E-state index in [4.69, 9.17) is 14.1 Å². The number of nitrogens with one attached hydrogen (secondary N) is 1. The molecular formula is C27H28N4O4. The number of amides is 2. The summed E-state index contributed by atoms with van der Waals surface area (Å²) in [6, 6.07) is 19.0. The molecule has 2 aromatic heterocycles. The summed E-state index contributed by atoms with van der Waals surface area (Å²) in [7, 11) is 1.62. The second-order valence-electron chi connectivity index (χ2n) is 8.11. The maximum atomic E-state index is 13.0. The number of carbonyl (C=O) groups is 2. The SMILES string of the molecule is CCC(=O)N(CC(=O)Nc1nc(-c2ccc(OC)cc2)cn1-c1ccc(C)cc1)Cc1ccco1. The van der Waals surface area contributed by atoms with Gasteiger partial charge in [-0.1, -0.05) is 24.6 Å². The third-order valence-corrected chi connectivity index (χ3v) is 5.57. The van der Waals surface area contributed by atoms with E-state index in [0.29, 0.717) is 17.4 Å². The number of aryl methyl sites for hydroxylation is 1. The first-order valence-electron chi connectivity index (χ1n) is 11.4. The van der Waals surface area contributed by atoms with Crippen LogP contribution in [0.2, 0.25) is 0 Å². The van der Waals surface area contributed by atoms with Gasteiger partial charge in [-0.2, -0.15) is 0 Å². The predicted octanol–water partition coefficient (Wildman–Crippen LogP) is 4.83. The first kappa shape index (κ1) is 23.8. The number of anilines is 1. The first-order valence-corrected chi connectivity index (χ1v) is 11.4. The molecule has 0 bridgehead atoms. The van der Waals surface area contributed by atoms with Gasteiger partial charge < -0.3 is 14.1 Å². The molecule has 0 saturated carbocycles. The Balaban J connectivity index is 1.61. The Morgan fingerprint density at radius 2 is 1.83 bits per heavy atom. The van der Waals surface area contributed by atoms with E-state index in [9.17, 15) is 9.59 Å². The Bertz CT molecular complexity index is 1280. The largest absolute Gasteiger partial charge is 0.497 e. The number of ether oxygens (including phenoxy) is 1. The molecule has 0 spiro atoms. The van der Waals surface area contributed by atoms with E-state index in [1.54, 1.807) is 32.4 Å². The Kier molecular flexibility index (Phi) is 7.30. The molecular weight excluding hydrogens is 444 g/mol. The molecule has 2 heterocycles. The normalized spacial score (nSPS) is 10.7. The fourth-order valence-electron chi connectivity index (χ4n) is 3.66. The van der Waals surface area contributed by atoms with Crippen LogP contribution in [0.25, 0.3) is 16.9 Å². The average Bonchev–Trinajstić information content (AvgIpc) is 3.54. The lowest BCUT2D eigenvalue weighted by Gasteiger charge is -2.20. The van der Waals surface area contributed by atoms with Crippen molar-refractivity contribution in [2.24, 2.45) is 0 Å². The first-order chi connectivity index (χ1) is 17.0. The van der Waals surface area contributed by atoms with Crippen LogP contribution in [0.1, 0.15) is 24.7 Å². The summed E-state index contributed by atoms with van der Waals surface area (Å²) < 4.78 is 12.4. The Hall–Kier alpha value is -4.33. The van der Waals surface area contributed by atoms with Crippen LogP contribution in [0.5, 0.6) is 5.75 Å². The lowest BCUT2D eigenvalue weighted by molar-refractivity contribution is -0.135. The van der Waals surface area contributed by atoms with Gasteiger partial charge in [-0.05, 0) is 55.5 Å². The van der Waals surface area contributed by atoms with Crippen LogP contribution in [-0.2, 0) is 16.1 Å². The number of furan rings is 1. The number of carbonyl (C=O) groups excluding carboxylic acids is 2. The lowest BCUT2D eigenvalue weighted by atomic mass is 10.1. The smallest absolute Gasteiger partial charge is 0.246 e. The summed E-state index contributed by atoms with van der Waals surface area (Å²) in [5.74, 6) is 1.24. The van der Waals surface area contributed by atoms with Crippen LogP contribution >= 0.6 is 0 Å². The van der Waals surface area contributed by atoms with E-state index in [1.807, 2.05) is 66.2 Å². The van der Waals surface area contributed by atoms with Crippen LogP contribution in [0.4, 0.5) is 5.95 Å². The number of rotatable bonds is 9. The zero-order chi connectivity index (χ0) is 24.8. The van der Waals surface area contributed by atoms with Gasteiger partial charge in [-0.25, -0.2) is 4.98 Å². The zero-order valence-corrected chi connectivity index (χ0v) is 20.0. The maximum Gasteiger partial charge on any atom is 0.246 e. The van der Waals surface area contributed by atoms with Crippen LogP contribution < -0.4 is 10.1 Å². The highest BCUT2D eigenvalue weighted by Gasteiger charge is 2.20. The van der Waals surface area contributed by atoms with Gasteiger partial charge in [0.1, 0.15) is 18.1 Å². The van der Waals surface area contributed by atoms with Gasteiger partial charge >= 0.3 is 0 Å². The van der Waals surface area contributed by atoms with E-state index >= 15 is 0 Å². The maximum absolute atomic E-state index is 13.0. The molecule has 0 aliphatic carbocycles. The summed E-state index contributed by atoms with van der Waals surface area (Å²) in [6.07, 6.45) is 3.70. The Morgan fingerprint density at radius 3 is 2.46 bits per heavy atom. The number of hydrogen-bond donors (Lipinski definition) is 1. The van der Waals surface area contributed by atoms with Gasteiger partial charge in [-0.15, -0.1) is 0 Å². The second kappa shape index (κ2) is 10.7. The van der Waals surface area contributed by atoms with Crippen molar-refractivity contribution in [2.45, 2.75) is 26.8 Å². The van der Waals surface area contributed by atoms with Crippen molar-refractivity contribution in [1.29, 1.82) is 0 Å². The highest BCUT2D eigenvalue weighted by atomic mass is 16.5. The fraction of sp³-hybridized carbons (Fsp3) is 0.222. The highest BCUT2D eigenvalue weighted by molar-refractivity contribution is 5.93. The van der Waals surface area contributed by atoms with Gasteiger partial charge in [0.2, 0.25) is 17.8 Å². The van der Waals surface area contributed by atoms with E-state index in [0.717, 1.165) is 22.6 Å². The summed E-state index contributed by atoms with van der Waals surface area (Å²) in [5, 5.41) is 2.89. The molecule has 8 heteroatoms. The number of benzene rings is 2. The predicted molar refractivity (Wildman–Crippen MR) is 133 cm³/mol. The van der Waals surface area contributed by atoms with Crippen molar-refractivity contribution in [3.63, 3.8) is 0 Å². The van der Waals surface area contributed by atoms with E-state index in [-0.39, 0.29) is 31.3 Å². The van der Waals surface area contributed by atoms with Crippen molar-refractivity contribution in [3.8, 4) is 22.7 Å². The van der Waals surface area contributed by atoms with Crippen LogP contribution in [0.15, 0.2) is 77.5 Å². The lowest BCUT2D eigenvalue weighted by Crippen LogP contribution is -2.37. The molecule has 0 atom stereocenters. The third kappa shape index (κ3) is 5.78. The molecule has 0 aliphatic heterocycles. The topological polar surface area (TPSA) is 89.6 Å². The molecule has 4 rings (SSSR count). The Morgan fingerprint density at radius 1 is 1.09 bits per heavy atom. The quantitative estimate of drug-likeness (QED) is 0.377. The van der Waals surface area contributed by atoms with Gasteiger partial charge in [0, 0.05) is 23.9 Å². The fourth-order valence-corrected chi connectivity index (χ4v) is 3.66. The molecule has 180 valence electrons. The number of methoxy groups -OCH3 is 1. The number of aromatic nitrogens is 2. The zero-order valence-electron chi connectivity index (χ0n) is 20.0. The van der Waals surface area contributed by atoms with Crippen LogP contribution in [0.3, 0.4) is 0 Å². The Labute approximate surface area is 204 Å². The van der Waals surface area contributed by atoms with Crippen molar-refractivity contribution in [3.05, 3.63) is 84.4 Å². The minimum atomic E-state index is -0.349. The van der Waals surface area contributed by atoms with Crippen molar-refractivity contribution >= 4 is 17.8 Å². The molecule has 1 N–H and O–H groups in total. The minimum Gasteiger partial charge on any atom is -0.497 e. The van der Waals surface area contributed by atoms with Gasteiger partial charge in [0.05, 0.1) is 25.6 Å². The minimum absolute atomic E-state index is 0.119. The molecule has 0 radical (unpaired) electrons. The van der Waals surface area contributed by atoms with Crippen molar-refractivity contribution < 1.29 is 18.7 Å². The third-order valence-electron chi connectivity index (χ3n) is 5.57. The van der Waals surface area contributed by atoms with Crippen molar-refractivity contribution in [1.82, 2.24) is 14.5 Å². The average molecular weight is 473 g/mol. The van der Waals surface area contributed by atoms with E-state index in [2.05, 4.69) is 5.32 Å². The summed E-state index contributed by atoms with van der Waals surface area (Å²) >= 11 is 0. The molecule has 35 heavy (non-hydrogen) atoms. The van der Waals surface area contributed by atoms with Crippen molar-refractivity contribution in [2.75, 3.05) is 19.0 Å². The van der Waals surface area contributed by atoms with E-state index < -0.39 is 0 Å². The van der Waals surface area contributed by atoms with Gasteiger partial charge in [0.25, 0.3) is 0 Å². The summed E-state index contributed by atoms with van der Waals surface area (Å²) in [6.45, 7) is 3.88. The highest BCUT2D eigenvalue weighted by Crippen LogP contribution is 2.26. The second-order valence-corrected chi connectivity index (χ2v) is 8.11. The molecule has 2 amide bonds. The van der Waals surface area contributed by atoms with Crippen LogP contribution in [-0.4, -0.2) is 39.9 Å². The van der Waals surface area contributed by atoms with Gasteiger partial charge in [0.15, 0.2) is 0 Å². The molecule has 8 nitrogen and oxygen atoms in total.